The Kier molecular flexibility index (Phi) is 4.75. The van der Waals surface area contributed by atoms with Gasteiger partial charge < -0.3 is 26.2 Å². The van der Waals surface area contributed by atoms with Crippen molar-refractivity contribution >= 4 is 5.91 Å². The molecule has 0 aliphatic heterocycles. The molecule has 0 aromatic rings. The summed E-state index contributed by atoms with van der Waals surface area (Å²) in [6, 6.07) is 0. The van der Waals surface area contributed by atoms with E-state index in [2.05, 4.69) is 0 Å². The van der Waals surface area contributed by atoms with Crippen LogP contribution in [0.5, 0.6) is 0 Å². The maximum absolute atomic E-state index is 10.2. The normalized spacial score (nSPS) is 18.3. The number of nitrogens with two attached hydrogens (primary N) is 1. The topological polar surface area (TPSA) is 124 Å². The third kappa shape index (κ3) is 3.63. The Morgan fingerprint density at radius 2 is 1.75 bits per heavy atom. The molecule has 3 atom stereocenters. The molecule has 0 saturated heterocycles. The third-order valence-corrected chi connectivity index (χ3v) is 1.39. The summed E-state index contributed by atoms with van der Waals surface area (Å²) in [4.78, 5) is 10.2. The van der Waals surface area contributed by atoms with Gasteiger partial charge >= 0.3 is 0 Å². The molecule has 0 radical (unpaired) electrons. The van der Waals surface area contributed by atoms with E-state index >= 15 is 0 Å². The summed E-state index contributed by atoms with van der Waals surface area (Å²) in [7, 11) is 0. The minimum atomic E-state index is -1.55. The predicted molar refractivity (Wildman–Crippen MR) is 38.9 cm³/mol. The van der Waals surface area contributed by atoms with Gasteiger partial charge in [-0.25, -0.2) is 0 Å². The smallest absolute Gasteiger partial charge is 0.220 e. The van der Waals surface area contributed by atoms with Gasteiger partial charge in [0.25, 0.3) is 0 Å². The third-order valence-electron chi connectivity index (χ3n) is 1.39. The lowest BCUT2D eigenvalue weighted by molar-refractivity contribution is -0.125. The molecule has 0 aliphatic carbocycles. The first-order valence-electron chi connectivity index (χ1n) is 3.42. The molecule has 6 heteroatoms. The van der Waals surface area contributed by atoms with Crippen LogP contribution in [0.2, 0.25) is 0 Å². The zero-order valence-corrected chi connectivity index (χ0v) is 6.42. The second kappa shape index (κ2) is 5.04. The van der Waals surface area contributed by atoms with Crippen molar-refractivity contribution in [2.24, 2.45) is 5.73 Å². The Morgan fingerprint density at radius 3 is 2.08 bits per heavy atom. The van der Waals surface area contributed by atoms with Gasteiger partial charge in [0.15, 0.2) is 0 Å². The van der Waals surface area contributed by atoms with Crippen LogP contribution in [0.25, 0.3) is 0 Å². The molecular weight excluding hydrogens is 166 g/mol. The number of hydrogen-bond donors (Lipinski definition) is 5. The maximum atomic E-state index is 10.2. The molecule has 0 unspecified atom stereocenters. The summed E-state index contributed by atoms with van der Waals surface area (Å²) >= 11 is 0. The molecular formula is C6H13NO5. The molecule has 0 rings (SSSR count). The number of aliphatic hydroxyl groups excluding tert-OH is 4. The Morgan fingerprint density at radius 1 is 1.25 bits per heavy atom. The van der Waals surface area contributed by atoms with Crippen LogP contribution in [0.4, 0.5) is 0 Å². The van der Waals surface area contributed by atoms with Crippen LogP contribution >= 0.6 is 0 Å². The van der Waals surface area contributed by atoms with Crippen LogP contribution in [0, 0.1) is 0 Å². The van der Waals surface area contributed by atoms with Crippen molar-refractivity contribution in [2.75, 3.05) is 6.61 Å². The van der Waals surface area contributed by atoms with E-state index < -0.39 is 37.2 Å². The van der Waals surface area contributed by atoms with E-state index in [9.17, 15) is 4.79 Å². The lowest BCUT2D eigenvalue weighted by Gasteiger charge is -2.19. The highest BCUT2D eigenvalue weighted by Crippen LogP contribution is 2.02. The lowest BCUT2D eigenvalue weighted by Crippen LogP contribution is -2.41. The molecule has 72 valence electrons. The number of hydrogen-bond acceptors (Lipinski definition) is 5. The zero-order chi connectivity index (χ0) is 9.72. The van der Waals surface area contributed by atoms with E-state index in [0.29, 0.717) is 0 Å². The summed E-state index contributed by atoms with van der Waals surface area (Å²) in [6.45, 7) is -0.684. The van der Waals surface area contributed by atoms with Gasteiger partial charge in [-0.2, -0.15) is 0 Å². The van der Waals surface area contributed by atoms with E-state index in [1.807, 2.05) is 0 Å². The van der Waals surface area contributed by atoms with Crippen molar-refractivity contribution in [3.05, 3.63) is 0 Å². The largest absolute Gasteiger partial charge is 0.394 e. The SMILES string of the molecule is NC(=O)C[C@@H](O)[C@H](O)[C@H](O)CO. The summed E-state index contributed by atoms with van der Waals surface area (Å²) in [6.07, 6.45) is -4.90. The summed E-state index contributed by atoms with van der Waals surface area (Å²) in [5.41, 5.74) is 4.72. The second-order valence-electron chi connectivity index (χ2n) is 2.48. The average molecular weight is 179 g/mol. The van der Waals surface area contributed by atoms with Crippen LogP contribution in [0.1, 0.15) is 6.42 Å². The molecule has 0 saturated carbocycles. The minimum Gasteiger partial charge on any atom is -0.394 e. The summed E-state index contributed by atoms with van der Waals surface area (Å²) in [5.74, 6) is -0.785. The molecule has 6 nitrogen and oxygen atoms in total. The Hall–Kier alpha value is -0.690. The minimum absolute atomic E-state index is 0.446. The molecule has 12 heavy (non-hydrogen) atoms. The first kappa shape index (κ1) is 11.3. The summed E-state index contributed by atoms with van der Waals surface area (Å²) < 4.78 is 0. The van der Waals surface area contributed by atoms with Gasteiger partial charge in [-0.1, -0.05) is 0 Å². The van der Waals surface area contributed by atoms with E-state index in [1.54, 1.807) is 0 Å². The zero-order valence-electron chi connectivity index (χ0n) is 6.42. The first-order chi connectivity index (χ1) is 5.49. The van der Waals surface area contributed by atoms with Crippen molar-refractivity contribution in [1.82, 2.24) is 0 Å². The number of amides is 1. The molecule has 6 N–H and O–H groups in total. The molecule has 0 fully saturated rings. The Bertz CT molecular complexity index is 151. The van der Waals surface area contributed by atoms with Crippen molar-refractivity contribution in [3.63, 3.8) is 0 Å². The quantitative estimate of drug-likeness (QED) is 0.306. The van der Waals surface area contributed by atoms with Gasteiger partial charge in [-0.05, 0) is 0 Å². The molecule has 0 aromatic carbocycles. The van der Waals surface area contributed by atoms with Gasteiger partial charge in [0.2, 0.25) is 5.91 Å². The standard InChI is InChI=1S/C6H13NO5/c7-5(11)1-3(9)6(12)4(10)2-8/h3-4,6,8-10,12H,1-2H2,(H2,7,11)/t3-,4-,6+/m1/s1. The van der Waals surface area contributed by atoms with Crippen LogP contribution < -0.4 is 5.73 Å². The highest BCUT2D eigenvalue weighted by atomic mass is 16.4. The van der Waals surface area contributed by atoms with E-state index in [-0.39, 0.29) is 0 Å². The number of aliphatic hydroxyl groups is 4. The van der Waals surface area contributed by atoms with Crippen LogP contribution in [-0.4, -0.2) is 51.3 Å². The average Bonchev–Trinajstić information content (AvgIpc) is 2.00. The number of carbonyl (C=O) groups excluding carboxylic acids is 1. The van der Waals surface area contributed by atoms with Gasteiger partial charge in [0.05, 0.1) is 19.1 Å². The first-order valence-corrected chi connectivity index (χ1v) is 3.42. The van der Waals surface area contributed by atoms with Crippen molar-refractivity contribution in [2.45, 2.75) is 24.7 Å². The van der Waals surface area contributed by atoms with Crippen molar-refractivity contribution in [1.29, 1.82) is 0 Å². The van der Waals surface area contributed by atoms with Gasteiger partial charge in [0, 0.05) is 0 Å². The van der Waals surface area contributed by atoms with Crippen molar-refractivity contribution in [3.8, 4) is 0 Å². The summed E-state index contributed by atoms with van der Waals surface area (Å²) in [5, 5.41) is 35.1. The van der Waals surface area contributed by atoms with Crippen LogP contribution in [-0.2, 0) is 4.79 Å². The van der Waals surface area contributed by atoms with Crippen LogP contribution in [0.3, 0.4) is 0 Å². The molecule has 0 aliphatic rings. The highest BCUT2D eigenvalue weighted by Gasteiger charge is 2.24. The van der Waals surface area contributed by atoms with Crippen LogP contribution in [0.15, 0.2) is 0 Å². The van der Waals surface area contributed by atoms with Gasteiger partial charge in [-0.15, -0.1) is 0 Å². The highest BCUT2D eigenvalue weighted by molar-refractivity contribution is 5.74. The molecule has 0 spiro atoms. The van der Waals surface area contributed by atoms with E-state index in [4.69, 9.17) is 26.2 Å². The second-order valence-corrected chi connectivity index (χ2v) is 2.48. The fraction of sp³-hybridized carbons (Fsp3) is 0.833. The monoisotopic (exact) mass is 179 g/mol. The lowest BCUT2D eigenvalue weighted by atomic mass is 10.1. The van der Waals surface area contributed by atoms with Gasteiger partial charge in [-0.3, -0.25) is 4.79 Å². The van der Waals surface area contributed by atoms with Gasteiger partial charge in [0.1, 0.15) is 12.2 Å². The fourth-order valence-electron chi connectivity index (χ4n) is 0.691. The maximum Gasteiger partial charge on any atom is 0.220 e. The Labute approximate surface area is 69.2 Å². The predicted octanol–water partition coefficient (Wildman–Crippen LogP) is -3.06. The number of rotatable bonds is 5. The Balaban J connectivity index is 3.91. The van der Waals surface area contributed by atoms with E-state index in [0.717, 1.165) is 0 Å². The number of carbonyl (C=O) groups is 1. The molecule has 1 amide bonds. The molecule has 0 bridgehead atoms. The molecule has 0 aromatic heterocycles. The number of primary amides is 1. The fourth-order valence-corrected chi connectivity index (χ4v) is 0.691. The molecule has 0 heterocycles. The van der Waals surface area contributed by atoms with E-state index in [1.165, 1.54) is 0 Å². The van der Waals surface area contributed by atoms with Crippen molar-refractivity contribution < 1.29 is 25.2 Å².